The summed E-state index contributed by atoms with van der Waals surface area (Å²) in [5, 5.41) is 3.39. The normalized spacial score (nSPS) is 25.1. The van der Waals surface area contributed by atoms with Crippen LogP contribution in [-0.4, -0.2) is 23.0 Å². The first-order valence-electron chi connectivity index (χ1n) is 7.63. The van der Waals surface area contributed by atoms with E-state index in [1.165, 1.54) is 19.3 Å². The van der Waals surface area contributed by atoms with Crippen LogP contribution in [0.1, 0.15) is 58.5 Å². The van der Waals surface area contributed by atoms with Crippen molar-refractivity contribution in [1.82, 2.24) is 10.2 Å². The molecule has 2 atom stereocenters. The van der Waals surface area contributed by atoms with Crippen LogP contribution in [0, 0.1) is 0 Å². The molecule has 0 radical (unpaired) electrons. The van der Waals surface area contributed by atoms with Gasteiger partial charge in [0.2, 0.25) is 0 Å². The molecule has 2 heterocycles. The Kier molecular flexibility index (Phi) is 5.06. The van der Waals surface area contributed by atoms with Crippen molar-refractivity contribution in [2.24, 2.45) is 0 Å². The fraction of sp³-hybridized carbons (Fsp3) is 0.750. The largest absolute Gasteiger partial charge is 0.463 e. The molecule has 0 aromatic carbocycles. The molecule has 1 N–H and O–H groups in total. The van der Waals surface area contributed by atoms with Crippen molar-refractivity contribution in [3.05, 3.63) is 23.7 Å². The van der Waals surface area contributed by atoms with Crippen LogP contribution >= 0.6 is 0 Å². The molecule has 0 amide bonds. The Morgan fingerprint density at radius 3 is 2.47 bits per heavy atom. The molecule has 1 aromatic rings. The number of rotatable bonds is 5. The fourth-order valence-corrected chi connectivity index (χ4v) is 2.87. The van der Waals surface area contributed by atoms with Crippen LogP contribution < -0.4 is 5.32 Å². The van der Waals surface area contributed by atoms with Crippen LogP contribution in [-0.2, 0) is 13.1 Å². The van der Waals surface area contributed by atoms with Crippen molar-refractivity contribution in [3.63, 3.8) is 0 Å². The molecule has 0 saturated carbocycles. The highest BCUT2D eigenvalue weighted by atomic mass is 16.3. The molecule has 1 saturated heterocycles. The summed E-state index contributed by atoms with van der Waals surface area (Å²) in [4.78, 5) is 2.57. The Morgan fingerprint density at radius 2 is 1.84 bits per heavy atom. The van der Waals surface area contributed by atoms with Crippen molar-refractivity contribution in [2.75, 3.05) is 0 Å². The van der Waals surface area contributed by atoms with Gasteiger partial charge in [-0.25, -0.2) is 0 Å². The number of piperidine rings is 1. The summed E-state index contributed by atoms with van der Waals surface area (Å²) >= 11 is 0. The average Bonchev–Trinajstić information content (AvgIpc) is 2.79. The van der Waals surface area contributed by atoms with E-state index in [4.69, 9.17) is 4.42 Å². The zero-order valence-corrected chi connectivity index (χ0v) is 12.8. The van der Waals surface area contributed by atoms with E-state index < -0.39 is 0 Å². The van der Waals surface area contributed by atoms with Gasteiger partial charge in [0.1, 0.15) is 11.5 Å². The van der Waals surface area contributed by atoms with Crippen molar-refractivity contribution in [2.45, 2.75) is 78.2 Å². The van der Waals surface area contributed by atoms with Gasteiger partial charge in [-0.2, -0.15) is 0 Å². The lowest BCUT2D eigenvalue weighted by molar-refractivity contribution is 0.0866. The van der Waals surface area contributed by atoms with E-state index in [2.05, 4.69) is 50.0 Å². The van der Waals surface area contributed by atoms with E-state index in [1.807, 2.05) is 0 Å². The van der Waals surface area contributed by atoms with Gasteiger partial charge in [-0.3, -0.25) is 4.90 Å². The van der Waals surface area contributed by atoms with Crippen LogP contribution in [0.4, 0.5) is 0 Å². The highest BCUT2D eigenvalue weighted by molar-refractivity contribution is 5.07. The quantitative estimate of drug-likeness (QED) is 0.881. The van der Waals surface area contributed by atoms with E-state index in [0.717, 1.165) is 24.6 Å². The summed E-state index contributed by atoms with van der Waals surface area (Å²) in [7, 11) is 0. The van der Waals surface area contributed by atoms with Crippen molar-refractivity contribution in [1.29, 1.82) is 0 Å². The number of hydrogen-bond acceptors (Lipinski definition) is 3. The molecule has 3 nitrogen and oxygen atoms in total. The van der Waals surface area contributed by atoms with Gasteiger partial charge in [0.05, 0.1) is 13.1 Å². The lowest BCUT2D eigenvalue weighted by Gasteiger charge is -2.38. The summed E-state index contributed by atoms with van der Waals surface area (Å²) in [6, 6.07) is 6.07. The Labute approximate surface area is 117 Å². The molecular formula is C16H28N2O. The third-order valence-corrected chi connectivity index (χ3v) is 4.12. The predicted octanol–water partition coefficient (Wildman–Crippen LogP) is 3.54. The topological polar surface area (TPSA) is 28.4 Å². The highest BCUT2D eigenvalue weighted by Gasteiger charge is 2.25. The first-order valence-corrected chi connectivity index (χ1v) is 7.63. The standard InChI is InChI=1S/C16H28N2O/c1-12(2)17-10-15-8-9-16(19-15)11-18-13(3)6-5-7-14(18)4/h8-9,12-14,17H,5-7,10-11H2,1-4H3/t13-,14+. The molecule has 0 bridgehead atoms. The predicted molar refractivity (Wildman–Crippen MR) is 79.0 cm³/mol. The minimum atomic E-state index is 0.496. The van der Waals surface area contributed by atoms with Gasteiger partial charge in [0, 0.05) is 18.1 Å². The van der Waals surface area contributed by atoms with Crippen LogP contribution in [0.2, 0.25) is 0 Å². The third kappa shape index (κ3) is 4.08. The van der Waals surface area contributed by atoms with E-state index in [0.29, 0.717) is 18.1 Å². The molecule has 19 heavy (non-hydrogen) atoms. The Balaban J connectivity index is 1.91. The maximum Gasteiger partial charge on any atom is 0.118 e. The fourth-order valence-electron chi connectivity index (χ4n) is 2.87. The molecule has 1 aliphatic heterocycles. The van der Waals surface area contributed by atoms with Crippen LogP contribution in [0.15, 0.2) is 16.5 Å². The average molecular weight is 264 g/mol. The summed E-state index contributed by atoms with van der Waals surface area (Å²) in [5.41, 5.74) is 0. The third-order valence-electron chi connectivity index (χ3n) is 4.12. The molecule has 1 aromatic heterocycles. The number of furan rings is 1. The zero-order chi connectivity index (χ0) is 13.8. The van der Waals surface area contributed by atoms with Gasteiger partial charge >= 0.3 is 0 Å². The van der Waals surface area contributed by atoms with Gasteiger partial charge in [-0.15, -0.1) is 0 Å². The maximum atomic E-state index is 5.93. The highest BCUT2D eigenvalue weighted by Crippen LogP contribution is 2.25. The summed E-state index contributed by atoms with van der Waals surface area (Å²) in [5.74, 6) is 2.14. The smallest absolute Gasteiger partial charge is 0.118 e. The molecule has 108 valence electrons. The lowest BCUT2D eigenvalue weighted by atomic mass is 9.97. The molecule has 1 fully saturated rings. The number of hydrogen-bond donors (Lipinski definition) is 1. The Hall–Kier alpha value is -0.800. The number of likely N-dealkylation sites (tertiary alicyclic amines) is 1. The minimum Gasteiger partial charge on any atom is -0.463 e. The first kappa shape index (κ1) is 14.6. The molecule has 0 aliphatic carbocycles. The Bertz CT molecular complexity index is 376. The van der Waals surface area contributed by atoms with E-state index in [9.17, 15) is 0 Å². The molecule has 1 aliphatic rings. The van der Waals surface area contributed by atoms with Gasteiger partial charge in [-0.05, 0) is 38.8 Å². The van der Waals surface area contributed by atoms with Gasteiger partial charge in [0.15, 0.2) is 0 Å². The van der Waals surface area contributed by atoms with Gasteiger partial charge < -0.3 is 9.73 Å². The molecule has 3 heteroatoms. The molecular weight excluding hydrogens is 236 g/mol. The minimum absolute atomic E-state index is 0.496. The lowest BCUT2D eigenvalue weighted by Crippen LogP contribution is -2.42. The summed E-state index contributed by atoms with van der Waals surface area (Å²) in [6.45, 7) is 10.7. The summed E-state index contributed by atoms with van der Waals surface area (Å²) in [6.07, 6.45) is 3.99. The van der Waals surface area contributed by atoms with Gasteiger partial charge in [-0.1, -0.05) is 20.3 Å². The Morgan fingerprint density at radius 1 is 1.21 bits per heavy atom. The van der Waals surface area contributed by atoms with Crippen molar-refractivity contribution >= 4 is 0 Å². The maximum absolute atomic E-state index is 5.93. The summed E-state index contributed by atoms with van der Waals surface area (Å²) < 4.78 is 5.93. The zero-order valence-electron chi connectivity index (χ0n) is 12.8. The molecule has 0 unspecified atom stereocenters. The number of nitrogens with zero attached hydrogens (tertiary/aromatic N) is 1. The second-order valence-electron chi connectivity index (χ2n) is 6.20. The first-order chi connectivity index (χ1) is 9.06. The van der Waals surface area contributed by atoms with E-state index >= 15 is 0 Å². The molecule has 0 spiro atoms. The SMILES string of the molecule is CC(C)NCc1ccc(CN2[C@H](C)CCC[C@@H]2C)o1. The van der Waals surface area contributed by atoms with Crippen LogP contribution in [0.25, 0.3) is 0 Å². The monoisotopic (exact) mass is 264 g/mol. The van der Waals surface area contributed by atoms with Crippen LogP contribution in [0.5, 0.6) is 0 Å². The van der Waals surface area contributed by atoms with Crippen LogP contribution in [0.3, 0.4) is 0 Å². The van der Waals surface area contributed by atoms with Crippen molar-refractivity contribution in [3.8, 4) is 0 Å². The second kappa shape index (κ2) is 6.58. The van der Waals surface area contributed by atoms with Gasteiger partial charge in [0.25, 0.3) is 0 Å². The van der Waals surface area contributed by atoms with E-state index in [-0.39, 0.29) is 0 Å². The second-order valence-corrected chi connectivity index (χ2v) is 6.20. The molecule has 2 rings (SSSR count). The number of nitrogens with one attached hydrogen (secondary N) is 1. The van der Waals surface area contributed by atoms with E-state index in [1.54, 1.807) is 0 Å². The van der Waals surface area contributed by atoms with Crippen molar-refractivity contribution < 1.29 is 4.42 Å².